The molecule has 7 heteroatoms. The van der Waals surface area contributed by atoms with Crippen molar-refractivity contribution in [2.24, 2.45) is 0 Å². The number of ether oxygens (including phenoxy) is 1. The minimum atomic E-state index is -0.294. The molecule has 5 nitrogen and oxygen atoms in total. The predicted molar refractivity (Wildman–Crippen MR) is 140 cm³/mol. The molecule has 2 heterocycles. The molecule has 0 saturated heterocycles. The second-order valence-electron chi connectivity index (χ2n) is 8.33. The van der Waals surface area contributed by atoms with Crippen LogP contribution in [0.2, 0.25) is 0 Å². The number of nitrogens with one attached hydrogen (secondary N) is 1. The Balaban J connectivity index is 1.54. The second-order valence-corrected chi connectivity index (χ2v) is 10.4. The van der Waals surface area contributed by atoms with E-state index in [2.05, 4.69) is 41.7 Å². The van der Waals surface area contributed by atoms with Crippen molar-refractivity contribution in [3.63, 3.8) is 0 Å². The highest BCUT2D eigenvalue weighted by Crippen LogP contribution is 2.38. The fraction of sp³-hybridized carbons (Fsp3) is 0.296. The van der Waals surface area contributed by atoms with Gasteiger partial charge < -0.3 is 10.1 Å². The highest BCUT2D eigenvalue weighted by Gasteiger charge is 2.25. The Morgan fingerprint density at radius 1 is 1.15 bits per heavy atom. The van der Waals surface area contributed by atoms with Crippen molar-refractivity contribution in [3.8, 4) is 0 Å². The van der Waals surface area contributed by atoms with Crippen LogP contribution in [-0.4, -0.2) is 22.5 Å². The lowest BCUT2D eigenvalue weighted by molar-refractivity contribution is 0.0531. The Morgan fingerprint density at radius 3 is 2.76 bits per heavy atom. The predicted octanol–water partition coefficient (Wildman–Crippen LogP) is 6.96. The largest absolute Gasteiger partial charge is 0.462 e. The molecule has 174 valence electrons. The van der Waals surface area contributed by atoms with Crippen molar-refractivity contribution in [1.82, 2.24) is 9.97 Å². The van der Waals surface area contributed by atoms with E-state index in [9.17, 15) is 4.79 Å². The standard InChI is InChI=1S/C27H27N3O2S2/c1-3-32-27(31)24-17(2)23-25(28-21-15-9-11-18-10-7-8-14-20(18)21)29-22(30-26(23)34-24)16-33-19-12-5-4-6-13-19/h4-8,10,12-14,21H,3,9,11,15-16H2,1-2H3,(H,28,29,30). The summed E-state index contributed by atoms with van der Waals surface area (Å²) in [4.78, 5) is 25.0. The van der Waals surface area contributed by atoms with E-state index in [0.717, 1.165) is 46.7 Å². The number of fused-ring (bicyclic) bond motifs is 2. The summed E-state index contributed by atoms with van der Waals surface area (Å²) in [5.74, 6) is 1.92. The molecule has 1 aliphatic carbocycles. The molecule has 5 rings (SSSR count). The molecule has 0 spiro atoms. The molecule has 1 atom stereocenters. The van der Waals surface area contributed by atoms with Crippen LogP contribution in [0.15, 0.2) is 59.5 Å². The number of thiophene rings is 1. The van der Waals surface area contributed by atoms with Gasteiger partial charge in [0.2, 0.25) is 0 Å². The van der Waals surface area contributed by atoms with E-state index in [4.69, 9.17) is 14.7 Å². The third-order valence-electron chi connectivity index (χ3n) is 6.09. The molecule has 0 amide bonds. The summed E-state index contributed by atoms with van der Waals surface area (Å²) >= 11 is 3.11. The van der Waals surface area contributed by atoms with Crippen molar-refractivity contribution in [2.45, 2.75) is 49.8 Å². The van der Waals surface area contributed by atoms with E-state index < -0.39 is 0 Å². The molecule has 1 N–H and O–H groups in total. The molecule has 0 saturated carbocycles. The zero-order chi connectivity index (χ0) is 23.5. The molecular weight excluding hydrogens is 462 g/mol. The number of hydrogen-bond donors (Lipinski definition) is 1. The lowest BCUT2D eigenvalue weighted by atomic mass is 9.87. The van der Waals surface area contributed by atoms with Gasteiger partial charge in [0, 0.05) is 4.90 Å². The topological polar surface area (TPSA) is 64.1 Å². The number of carbonyl (C=O) groups excluding carboxylic acids is 1. The van der Waals surface area contributed by atoms with Crippen molar-refractivity contribution in [2.75, 3.05) is 11.9 Å². The van der Waals surface area contributed by atoms with Gasteiger partial charge in [-0.2, -0.15) is 0 Å². The van der Waals surface area contributed by atoms with Crippen molar-refractivity contribution in [3.05, 3.63) is 82.0 Å². The second kappa shape index (κ2) is 10.2. The first-order chi connectivity index (χ1) is 16.6. The molecule has 34 heavy (non-hydrogen) atoms. The maximum absolute atomic E-state index is 12.6. The van der Waals surface area contributed by atoms with Gasteiger partial charge in [0.1, 0.15) is 21.3 Å². The first kappa shape index (κ1) is 22.9. The molecule has 0 fully saturated rings. The van der Waals surface area contributed by atoms with E-state index in [1.165, 1.54) is 27.4 Å². The monoisotopic (exact) mass is 489 g/mol. The van der Waals surface area contributed by atoms with E-state index in [0.29, 0.717) is 17.2 Å². The SMILES string of the molecule is CCOC(=O)c1sc2nc(CSc3ccccc3)nc(NC3CCCc4ccccc43)c2c1C. The number of carbonyl (C=O) groups is 1. The summed E-state index contributed by atoms with van der Waals surface area (Å²) in [6, 6.07) is 19.1. The van der Waals surface area contributed by atoms with E-state index in [1.54, 1.807) is 11.8 Å². The first-order valence-corrected chi connectivity index (χ1v) is 13.4. The molecule has 1 aliphatic rings. The van der Waals surface area contributed by atoms with Gasteiger partial charge in [-0.3, -0.25) is 0 Å². The molecular formula is C27H27N3O2S2. The Morgan fingerprint density at radius 2 is 1.94 bits per heavy atom. The quantitative estimate of drug-likeness (QED) is 0.224. The number of rotatable bonds is 7. The molecule has 2 aromatic heterocycles. The van der Waals surface area contributed by atoms with Gasteiger partial charge in [0.25, 0.3) is 0 Å². The number of anilines is 1. The average molecular weight is 490 g/mol. The van der Waals surface area contributed by atoms with Crippen LogP contribution in [-0.2, 0) is 16.9 Å². The van der Waals surface area contributed by atoms with Crippen molar-refractivity contribution < 1.29 is 9.53 Å². The summed E-state index contributed by atoms with van der Waals surface area (Å²) in [6.45, 7) is 4.14. The highest BCUT2D eigenvalue weighted by molar-refractivity contribution is 7.98. The van der Waals surface area contributed by atoms with Crippen LogP contribution in [0.25, 0.3) is 10.2 Å². The van der Waals surface area contributed by atoms with Crippen LogP contribution in [0, 0.1) is 6.92 Å². The molecule has 2 aromatic carbocycles. The normalized spacial score (nSPS) is 15.2. The lowest BCUT2D eigenvalue weighted by Crippen LogP contribution is -2.18. The van der Waals surface area contributed by atoms with Gasteiger partial charge in [0.15, 0.2) is 0 Å². The first-order valence-electron chi connectivity index (χ1n) is 11.6. The number of hydrogen-bond acceptors (Lipinski definition) is 7. The van der Waals surface area contributed by atoms with Crippen molar-refractivity contribution in [1.29, 1.82) is 0 Å². The van der Waals surface area contributed by atoms with Gasteiger partial charge in [-0.05, 0) is 61.9 Å². The maximum atomic E-state index is 12.6. The minimum Gasteiger partial charge on any atom is -0.462 e. The maximum Gasteiger partial charge on any atom is 0.348 e. The highest BCUT2D eigenvalue weighted by atomic mass is 32.2. The number of aromatic nitrogens is 2. The minimum absolute atomic E-state index is 0.183. The van der Waals surface area contributed by atoms with E-state index >= 15 is 0 Å². The van der Waals surface area contributed by atoms with Crippen molar-refractivity contribution >= 4 is 45.1 Å². The molecule has 0 bridgehead atoms. The molecule has 4 aromatic rings. The van der Waals surface area contributed by atoms with Gasteiger partial charge in [-0.25, -0.2) is 14.8 Å². The Bertz CT molecular complexity index is 1320. The summed E-state index contributed by atoms with van der Waals surface area (Å²) in [7, 11) is 0. The smallest absolute Gasteiger partial charge is 0.348 e. The van der Waals surface area contributed by atoms with Gasteiger partial charge in [-0.15, -0.1) is 23.1 Å². The fourth-order valence-electron chi connectivity index (χ4n) is 4.48. The van der Waals surface area contributed by atoms with Crippen LogP contribution in [0.5, 0.6) is 0 Å². The van der Waals surface area contributed by atoms with E-state index in [1.807, 2.05) is 32.0 Å². The number of aryl methyl sites for hydroxylation is 2. The summed E-state index contributed by atoms with van der Waals surface area (Å²) in [6.07, 6.45) is 3.29. The number of thioether (sulfide) groups is 1. The number of nitrogens with zero attached hydrogens (tertiary/aromatic N) is 2. The third kappa shape index (κ3) is 4.68. The van der Waals surface area contributed by atoms with E-state index in [-0.39, 0.29) is 12.0 Å². The number of benzene rings is 2. The van der Waals surface area contributed by atoms with Gasteiger partial charge in [-0.1, -0.05) is 42.5 Å². The lowest BCUT2D eigenvalue weighted by Gasteiger charge is -2.27. The van der Waals surface area contributed by atoms with Crippen LogP contribution in [0.4, 0.5) is 5.82 Å². The molecule has 0 aliphatic heterocycles. The summed E-state index contributed by atoms with van der Waals surface area (Å²) in [5, 5.41) is 4.66. The zero-order valence-electron chi connectivity index (χ0n) is 19.3. The van der Waals surface area contributed by atoms with Crippen LogP contribution < -0.4 is 5.32 Å². The third-order valence-corrected chi connectivity index (χ3v) is 8.26. The molecule has 0 radical (unpaired) electrons. The van der Waals surface area contributed by atoms with Crippen LogP contribution in [0.1, 0.15) is 58.0 Å². The van der Waals surface area contributed by atoms with Crippen LogP contribution >= 0.6 is 23.1 Å². The molecule has 1 unspecified atom stereocenters. The Kier molecular flexibility index (Phi) is 6.83. The van der Waals surface area contributed by atoms with Crippen LogP contribution in [0.3, 0.4) is 0 Å². The fourth-order valence-corrected chi connectivity index (χ4v) is 6.34. The number of esters is 1. The van der Waals surface area contributed by atoms with Gasteiger partial charge in [0.05, 0.1) is 23.8 Å². The Hall–Kier alpha value is -2.90. The Labute approximate surface area is 208 Å². The summed E-state index contributed by atoms with van der Waals surface area (Å²) < 4.78 is 5.31. The average Bonchev–Trinajstić information content (AvgIpc) is 3.20. The van der Waals surface area contributed by atoms with Gasteiger partial charge >= 0.3 is 5.97 Å². The zero-order valence-corrected chi connectivity index (χ0v) is 21.0. The summed E-state index contributed by atoms with van der Waals surface area (Å²) in [5.41, 5.74) is 3.61.